The summed E-state index contributed by atoms with van der Waals surface area (Å²) >= 11 is 6.37. The maximum Gasteiger partial charge on any atom is 0.416 e. The van der Waals surface area contributed by atoms with Crippen LogP contribution in [0.25, 0.3) is 0 Å². The molecule has 4 rings (SSSR count). The highest BCUT2D eigenvalue weighted by Crippen LogP contribution is 2.37. The summed E-state index contributed by atoms with van der Waals surface area (Å²) in [5.74, 6) is -1.31. The minimum absolute atomic E-state index is 0.0795. The van der Waals surface area contributed by atoms with Crippen LogP contribution in [0.5, 0.6) is 0 Å². The Balaban J connectivity index is 1.88. The monoisotopic (exact) mass is 699 g/mol. The number of rotatable bonds is 11. The van der Waals surface area contributed by atoms with Gasteiger partial charge in [-0.15, -0.1) is 0 Å². The van der Waals surface area contributed by atoms with E-state index < -0.39 is 57.4 Å². The van der Waals surface area contributed by atoms with Crippen molar-refractivity contribution in [3.63, 3.8) is 0 Å². The van der Waals surface area contributed by atoms with Crippen LogP contribution in [0.1, 0.15) is 43.0 Å². The first kappa shape index (κ1) is 36.5. The Hall–Kier alpha value is -4.35. The minimum atomic E-state index is -4.82. The molecule has 0 bridgehead atoms. The van der Waals surface area contributed by atoms with E-state index in [4.69, 9.17) is 11.6 Å². The molecule has 0 aliphatic heterocycles. The molecule has 2 amide bonds. The average Bonchev–Trinajstić information content (AvgIpc) is 3.02. The number of amides is 2. The van der Waals surface area contributed by atoms with E-state index in [1.807, 2.05) is 25.1 Å². The third kappa shape index (κ3) is 9.38. The first-order valence-electron chi connectivity index (χ1n) is 15.1. The molecule has 0 heterocycles. The van der Waals surface area contributed by atoms with Crippen molar-refractivity contribution in [3.05, 3.63) is 130 Å². The number of benzene rings is 4. The Morgan fingerprint density at radius 2 is 1.42 bits per heavy atom. The SMILES string of the molecule is Cc1ccc(CN(C(=O)CN(c2cc(C(F)(F)F)ccc2Cl)S(=O)(=O)c2ccccc2)[C@@H](Cc2ccccc2)C(=O)NC(C)(C)C)cc1. The second kappa shape index (κ2) is 14.8. The Morgan fingerprint density at radius 3 is 1.98 bits per heavy atom. The number of anilines is 1. The van der Waals surface area contributed by atoms with Gasteiger partial charge in [0.1, 0.15) is 12.6 Å². The summed E-state index contributed by atoms with van der Waals surface area (Å²) < 4.78 is 70.4. The molecule has 0 aliphatic rings. The van der Waals surface area contributed by atoms with Gasteiger partial charge >= 0.3 is 6.18 Å². The molecule has 1 N–H and O–H groups in total. The number of hydrogen-bond acceptors (Lipinski definition) is 4. The smallest absolute Gasteiger partial charge is 0.350 e. The highest BCUT2D eigenvalue weighted by atomic mass is 35.5. The summed E-state index contributed by atoms with van der Waals surface area (Å²) in [6.45, 7) is 6.23. The third-order valence-corrected chi connectivity index (χ3v) is 9.49. The lowest BCUT2D eigenvalue weighted by Gasteiger charge is -2.35. The normalized spacial score (nSPS) is 12.7. The number of halogens is 4. The van der Waals surface area contributed by atoms with Crippen LogP contribution in [0.15, 0.2) is 108 Å². The van der Waals surface area contributed by atoms with Gasteiger partial charge in [0.25, 0.3) is 10.0 Å². The van der Waals surface area contributed by atoms with Crippen LogP contribution < -0.4 is 9.62 Å². The van der Waals surface area contributed by atoms with E-state index in [0.29, 0.717) is 15.9 Å². The number of carbonyl (C=O) groups is 2. The lowest BCUT2D eigenvalue weighted by Crippen LogP contribution is -2.56. The summed E-state index contributed by atoms with van der Waals surface area (Å²) in [6.07, 6.45) is -4.75. The first-order chi connectivity index (χ1) is 22.5. The minimum Gasteiger partial charge on any atom is -0.350 e. The number of hydrogen-bond donors (Lipinski definition) is 1. The molecule has 0 spiro atoms. The maximum atomic E-state index is 14.5. The molecule has 12 heteroatoms. The molecule has 0 radical (unpaired) electrons. The van der Waals surface area contributed by atoms with E-state index in [2.05, 4.69) is 5.32 Å². The lowest BCUT2D eigenvalue weighted by molar-refractivity contribution is -0.140. The van der Waals surface area contributed by atoms with Gasteiger partial charge in [0.15, 0.2) is 0 Å². The molecule has 0 fully saturated rings. The second-order valence-corrected chi connectivity index (χ2v) is 14.7. The fourth-order valence-electron chi connectivity index (χ4n) is 5.01. The summed E-state index contributed by atoms with van der Waals surface area (Å²) in [5.41, 5.74) is -0.00234. The molecular weight excluding hydrogens is 663 g/mol. The Bertz CT molecular complexity index is 1830. The van der Waals surface area contributed by atoms with Crippen molar-refractivity contribution in [2.45, 2.75) is 63.3 Å². The number of alkyl halides is 3. The zero-order valence-corrected chi connectivity index (χ0v) is 28.5. The molecule has 1 atom stereocenters. The average molecular weight is 700 g/mol. The lowest BCUT2D eigenvalue weighted by atomic mass is 10.0. The van der Waals surface area contributed by atoms with Gasteiger partial charge in [-0.2, -0.15) is 13.2 Å². The van der Waals surface area contributed by atoms with E-state index in [1.54, 1.807) is 63.2 Å². The molecule has 4 aromatic rings. The van der Waals surface area contributed by atoms with Gasteiger partial charge < -0.3 is 10.2 Å². The van der Waals surface area contributed by atoms with Crippen LogP contribution in [0.4, 0.5) is 18.9 Å². The molecule has 7 nitrogen and oxygen atoms in total. The summed E-state index contributed by atoms with van der Waals surface area (Å²) in [5, 5.41) is 2.62. The van der Waals surface area contributed by atoms with E-state index in [0.717, 1.165) is 23.3 Å². The van der Waals surface area contributed by atoms with Crippen molar-refractivity contribution in [2.24, 2.45) is 0 Å². The van der Waals surface area contributed by atoms with Gasteiger partial charge in [0, 0.05) is 18.5 Å². The highest BCUT2D eigenvalue weighted by Gasteiger charge is 2.38. The van der Waals surface area contributed by atoms with Crippen molar-refractivity contribution in [1.29, 1.82) is 0 Å². The van der Waals surface area contributed by atoms with Gasteiger partial charge in [-0.05, 0) is 69.2 Å². The molecule has 0 saturated carbocycles. The molecule has 0 unspecified atom stereocenters. The number of nitrogens with one attached hydrogen (secondary N) is 1. The molecule has 0 aliphatic carbocycles. The molecule has 4 aromatic carbocycles. The fourth-order valence-corrected chi connectivity index (χ4v) is 6.73. The molecule has 0 saturated heterocycles. The Kier molecular flexibility index (Phi) is 11.3. The summed E-state index contributed by atoms with van der Waals surface area (Å²) in [4.78, 5) is 29.5. The van der Waals surface area contributed by atoms with E-state index in [9.17, 15) is 31.2 Å². The van der Waals surface area contributed by atoms with Crippen LogP contribution in [-0.2, 0) is 38.8 Å². The van der Waals surface area contributed by atoms with Crippen molar-refractivity contribution in [2.75, 3.05) is 10.8 Å². The molecule has 48 heavy (non-hydrogen) atoms. The Morgan fingerprint density at radius 1 is 0.833 bits per heavy atom. The van der Waals surface area contributed by atoms with E-state index in [-0.39, 0.29) is 22.9 Å². The Labute approximate surface area is 284 Å². The molecule has 0 aromatic heterocycles. The second-order valence-electron chi connectivity index (χ2n) is 12.4. The van der Waals surface area contributed by atoms with E-state index >= 15 is 0 Å². The first-order valence-corrected chi connectivity index (χ1v) is 16.9. The van der Waals surface area contributed by atoms with Crippen molar-refractivity contribution < 1.29 is 31.2 Å². The van der Waals surface area contributed by atoms with Crippen LogP contribution in [-0.4, -0.2) is 43.3 Å². The number of nitrogens with zero attached hydrogens (tertiary/aromatic N) is 2. The predicted octanol–water partition coefficient (Wildman–Crippen LogP) is 7.42. The summed E-state index contributed by atoms with van der Waals surface area (Å²) in [7, 11) is -4.65. The van der Waals surface area contributed by atoms with Gasteiger partial charge in [0.05, 0.1) is 21.2 Å². The van der Waals surface area contributed by atoms with Crippen LogP contribution in [0.3, 0.4) is 0 Å². The predicted molar refractivity (Wildman–Crippen MR) is 181 cm³/mol. The fraction of sp³-hybridized carbons (Fsp3) is 0.278. The summed E-state index contributed by atoms with van der Waals surface area (Å²) in [6, 6.07) is 24.5. The molecule has 254 valence electrons. The van der Waals surface area contributed by atoms with Crippen LogP contribution in [0.2, 0.25) is 5.02 Å². The quantitative estimate of drug-likeness (QED) is 0.177. The van der Waals surface area contributed by atoms with Crippen LogP contribution >= 0.6 is 11.6 Å². The van der Waals surface area contributed by atoms with Gasteiger partial charge in [-0.3, -0.25) is 13.9 Å². The van der Waals surface area contributed by atoms with Crippen molar-refractivity contribution in [1.82, 2.24) is 10.2 Å². The highest BCUT2D eigenvalue weighted by molar-refractivity contribution is 7.92. The molecular formula is C36H37ClF3N3O4S. The van der Waals surface area contributed by atoms with Gasteiger partial charge in [-0.1, -0.05) is 90.0 Å². The zero-order valence-electron chi connectivity index (χ0n) is 27.0. The van der Waals surface area contributed by atoms with Gasteiger partial charge in [0.2, 0.25) is 11.8 Å². The largest absolute Gasteiger partial charge is 0.416 e. The number of sulfonamides is 1. The topological polar surface area (TPSA) is 86.8 Å². The number of carbonyl (C=O) groups excluding carboxylic acids is 2. The standard InChI is InChI=1S/C36H37ClF3N3O4S/c1-25-15-17-27(18-16-25)23-42(32(34(45)41-35(2,3)4)21-26-11-7-5-8-12-26)33(44)24-43(48(46,47)29-13-9-6-10-14-29)31-22-28(36(38,39)40)19-20-30(31)37/h5-20,22,32H,21,23-24H2,1-4H3,(H,41,45)/t32-/m0/s1. The van der Waals surface area contributed by atoms with Crippen molar-refractivity contribution >= 4 is 39.1 Å². The van der Waals surface area contributed by atoms with Crippen molar-refractivity contribution in [3.8, 4) is 0 Å². The number of aryl methyl sites for hydroxylation is 1. The van der Waals surface area contributed by atoms with Gasteiger partial charge in [-0.25, -0.2) is 8.42 Å². The maximum absolute atomic E-state index is 14.5. The third-order valence-electron chi connectivity index (χ3n) is 7.40. The van der Waals surface area contributed by atoms with Crippen LogP contribution in [0, 0.1) is 6.92 Å². The van der Waals surface area contributed by atoms with E-state index in [1.165, 1.54) is 29.2 Å². The zero-order chi connectivity index (χ0) is 35.3.